The van der Waals surface area contributed by atoms with Crippen LogP contribution >= 0.6 is 11.3 Å². The van der Waals surface area contributed by atoms with Gasteiger partial charge in [0.15, 0.2) is 10.9 Å². The molecule has 6 nitrogen and oxygen atoms in total. The summed E-state index contributed by atoms with van der Waals surface area (Å²) in [5.74, 6) is -0.0430. The second-order valence-corrected chi connectivity index (χ2v) is 7.51. The van der Waals surface area contributed by atoms with Crippen molar-refractivity contribution in [2.24, 2.45) is 0 Å². The molecule has 27 heavy (non-hydrogen) atoms. The molecular weight excluding hydrogens is 359 g/mol. The minimum atomic E-state index is -0.165. The first-order valence-electron chi connectivity index (χ1n) is 8.87. The molecule has 0 saturated carbocycles. The largest absolute Gasteiger partial charge is 0.368 e. The van der Waals surface area contributed by atoms with Crippen molar-refractivity contribution in [2.75, 3.05) is 36.4 Å². The topological polar surface area (TPSA) is 65.5 Å². The van der Waals surface area contributed by atoms with Gasteiger partial charge < -0.3 is 9.80 Å². The Morgan fingerprint density at radius 1 is 1.00 bits per heavy atom. The molecule has 1 aromatic heterocycles. The molecule has 0 spiro atoms. The monoisotopic (exact) mass is 378 g/mol. The van der Waals surface area contributed by atoms with Crippen LogP contribution in [0.25, 0.3) is 10.2 Å². The van der Waals surface area contributed by atoms with Crippen molar-refractivity contribution in [2.45, 2.75) is 0 Å². The third-order valence-electron chi connectivity index (χ3n) is 4.73. The molecule has 4 rings (SSSR count). The van der Waals surface area contributed by atoms with Gasteiger partial charge in [0.1, 0.15) is 0 Å². The molecule has 0 atom stereocenters. The summed E-state index contributed by atoms with van der Waals surface area (Å²) < 4.78 is 1.05. The summed E-state index contributed by atoms with van der Waals surface area (Å²) in [4.78, 5) is 32.4. The van der Waals surface area contributed by atoms with Gasteiger partial charge in [-0.1, -0.05) is 23.5 Å². The molecule has 0 unspecified atom stereocenters. The molecule has 1 saturated heterocycles. The number of amides is 2. The van der Waals surface area contributed by atoms with E-state index in [2.05, 4.69) is 15.2 Å². The molecule has 8 heteroatoms. The number of anilines is 2. The van der Waals surface area contributed by atoms with E-state index in [0.717, 1.165) is 42.1 Å². The van der Waals surface area contributed by atoms with Crippen LogP contribution in [0.2, 0.25) is 0 Å². The molecule has 1 aliphatic heterocycles. The molecule has 0 aliphatic carbocycles. The van der Waals surface area contributed by atoms with Gasteiger partial charge in [0.05, 0.1) is 10.2 Å². The normalized spacial score (nSPS) is 14.4. The first-order chi connectivity index (χ1) is 13.1. The van der Waals surface area contributed by atoms with E-state index in [1.54, 1.807) is 7.85 Å². The van der Waals surface area contributed by atoms with Gasteiger partial charge in [-0.25, -0.2) is 4.98 Å². The van der Waals surface area contributed by atoms with Gasteiger partial charge in [0.25, 0.3) is 5.91 Å². The summed E-state index contributed by atoms with van der Waals surface area (Å²) in [6, 6.07) is 15.4. The number of carbonyl (C=O) groups excluding carboxylic acids is 2. The molecule has 1 aliphatic rings. The lowest BCUT2D eigenvalue weighted by Crippen LogP contribution is -2.48. The minimum absolute atomic E-state index is 0.122. The van der Waals surface area contributed by atoms with E-state index in [4.69, 9.17) is 0 Å². The van der Waals surface area contributed by atoms with Crippen molar-refractivity contribution in [1.82, 2.24) is 9.88 Å². The van der Waals surface area contributed by atoms with Crippen LogP contribution in [0.4, 0.5) is 15.6 Å². The average Bonchev–Trinajstić information content (AvgIpc) is 3.10. The molecular formula is C19H19BN4O2S. The van der Waals surface area contributed by atoms with Crippen molar-refractivity contribution >= 4 is 51.9 Å². The number of carbonyl (C=O) groups is 2. The molecule has 0 radical (unpaired) electrons. The van der Waals surface area contributed by atoms with Gasteiger partial charge >= 0.3 is 0 Å². The third-order valence-corrected chi connectivity index (χ3v) is 5.69. The number of para-hydroxylation sites is 1. The first kappa shape index (κ1) is 17.5. The maximum absolute atomic E-state index is 12.5. The minimum Gasteiger partial charge on any atom is -0.368 e. The second-order valence-electron chi connectivity index (χ2n) is 6.48. The summed E-state index contributed by atoms with van der Waals surface area (Å²) in [5.41, 5.74) is 2.55. The molecule has 2 amide bonds. The van der Waals surface area contributed by atoms with Crippen LogP contribution in [0, 0.1) is 0 Å². The number of piperazine rings is 1. The summed E-state index contributed by atoms with van der Waals surface area (Å²) in [6.45, 7) is 3.07. The highest BCUT2D eigenvalue weighted by molar-refractivity contribution is 7.22. The van der Waals surface area contributed by atoms with Crippen molar-refractivity contribution in [3.63, 3.8) is 0 Å². The quantitative estimate of drug-likeness (QED) is 0.711. The number of hydrogen-bond acceptors (Lipinski definition) is 5. The number of fused-ring (bicyclic) bond motifs is 1. The Bertz CT molecular complexity index is 948. The smallest absolute Gasteiger partial charge is 0.257 e. The SMILES string of the molecule is BC(=O)N1CCN(c2ccc(C(=O)Nc3nc4ccccc4s3)cc2)CC1. The van der Waals surface area contributed by atoms with E-state index in [1.807, 2.05) is 53.4 Å². The fourth-order valence-corrected chi connectivity index (χ4v) is 4.06. The highest BCUT2D eigenvalue weighted by Gasteiger charge is 2.19. The van der Waals surface area contributed by atoms with E-state index < -0.39 is 0 Å². The zero-order valence-electron chi connectivity index (χ0n) is 15.0. The number of hydrogen-bond donors (Lipinski definition) is 1. The van der Waals surface area contributed by atoms with Crippen molar-refractivity contribution in [3.8, 4) is 0 Å². The van der Waals surface area contributed by atoms with Gasteiger partial charge in [-0.3, -0.25) is 14.9 Å². The van der Waals surface area contributed by atoms with Crippen LogP contribution in [0.15, 0.2) is 48.5 Å². The van der Waals surface area contributed by atoms with Crippen molar-refractivity contribution in [1.29, 1.82) is 0 Å². The van der Waals surface area contributed by atoms with Gasteiger partial charge in [-0.15, -0.1) is 0 Å². The second kappa shape index (κ2) is 7.40. The lowest BCUT2D eigenvalue weighted by Gasteiger charge is -2.36. The number of rotatable bonds is 3. The summed E-state index contributed by atoms with van der Waals surface area (Å²) in [5, 5.41) is 3.48. The standard InChI is InChI=1S/C19H19BN4O2S/c20-18(26)24-11-9-23(10-12-24)14-7-5-13(6-8-14)17(25)22-19-21-15-3-1-2-4-16(15)27-19/h1-8H,9-12,20H2,(H,21,22,25). The summed E-state index contributed by atoms with van der Waals surface area (Å²) in [6.07, 6.45) is 0. The maximum atomic E-state index is 12.5. The molecule has 136 valence electrons. The van der Waals surface area contributed by atoms with E-state index in [-0.39, 0.29) is 11.7 Å². The molecule has 1 fully saturated rings. The third kappa shape index (κ3) is 3.80. The zero-order chi connectivity index (χ0) is 18.8. The van der Waals surface area contributed by atoms with Crippen LogP contribution in [0.1, 0.15) is 10.4 Å². The predicted molar refractivity (Wildman–Crippen MR) is 112 cm³/mol. The van der Waals surface area contributed by atoms with Gasteiger partial charge in [-0.05, 0) is 36.4 Å². The molecule has 3 aromatic rings. The predicted octanol–water partition coefficient (Wildman–Crippen LogP) is 2.42. The maximum Gasteiger partial charge on any atom is 0.257 e. The Morgan fingerprint density at radius 2 is 1.70 bits per heavy atom. The number of nitrogens with one attached hydrogen (secondary N) is 1. The number of benzene rings is 2. The van der Waals surface area contributed by atoms with E-state index in [1.165, 1.54) is 11.3 Å². The fraction of sp³-hybridized carbons (Fsp3) is 0.211. The Hall–Kier alpha value is -2.87. The Kier molecular flexibility index (Phi) is 4.81. The average molecular weight is 378 g/mol. The van der Waals surface area contributed by atoms with Crippen LogP contribution in [-0.2, 0) is 0 Å². The molecule has 2 aromatic carbocycles. The van der Waals surface area contributed by atoms with Gasteiger partial charge in [0, 0.05) is 37.4 Å². The number of aromatic nitrogens is 1. The Morgan fingerprint density at radius 3 is 2.37 bits per heavy atom. The van der Waals surface area contributed by atoms with E-state index in [9.17, 15) is 9.59 Å². The van der Waals surface area contributed by atoms with Crippen LogP contribution in [0.3, 0.4) is 0 Å². The fourth-order valence-electron chi connectivity index (χ4n) is 3.20. The van der Waals surface area contributed by atoms with Gasteiger partial charge in [-0.2, -0.15) is 0 Å². The number of nitrogens with zero attached hydrogens (tertiary/aromatic N) is 3. The summed E-state index contributed by atoms with van der Waals surface area (Å²) >= 11 is 1.47. The number of thiazole rings is 1. The molecule has 1 N–H and O–H groups in total. The highest BCUT2D eigenvalue weighted by Crippen LogP contribution is 2.26. The van der Waals surface area contributed by atoms with E-state index >= 15 is 0 Å². The van der Waals surface area contributed by atoms with Crippen LogP contribution < -0.4 is 10.2 Å². The van der Waals surface area contributed by atoms with Crippen molar-refractivity contribution < 1.29 is 9.59 Å². The van der Waals surface area contributed by atoms with E-state index in [0.29, 0.717) is 10.7 Å². The van der Waals surface area contributed by atoms with Crippen molar-refractivity contribution in [3.05, 3.63) is 54.1 Å². The first-order valence-corrected chi connectivity index (χ1v) is 9.69. The lowest BCUT2D eigenvalue weighted by molar-refractivity contribution is 0.102. The highest BCUT2D eigenvalue weighted by atomic mass is 32.1. The van der Waals surface area contributed by atoms with Crippen LogP contribution in [0.5, 0.6) is 0 Å². The molecule has 2 heterocycles. The Balaban J connectivity index is 1.41. The Labute approximate surface area is 162 Å². The molecule has 0 bridgehead atoms. The van der Waals surface area contributed by atoms with Gasteiger partial charge in [0.2, 0.25) is 7.85 Å². The van der Waals surface area contributed by atoms with Crippen LogP contribution in [-0.4, -0.2) is 55.6 Å². The summed E-state index contributed by atoms with van der Waals surface area (Å²) in [7, 11) is 1.61. The zero-order valence-corrected chi connectivity index (χ0v) is 15.8. The lowest BCUT2D eigenvalue weighted by atomic mass is 10.1.